The van der Waals surface area contributed by atoms with E-state index in [-0.39, 0.29) is 11.5 Å². The topological polar surface area (TPSA) is 91.8 Å². The fraction of sp³-hybridized carbons (Fsp3) is 0.0909. The van der Waals surface area contributed by atoms with Crippen LogP contribution in [0.5, 0.6) is 0 Å². The first kappa shape index (κ1) is 13.5. The summed E-state index contributed by atoms with van der Waals surface area (Å²) in [6, 6.07) is 4.16. The number of hydrogen-bond acceptors (Lipinski definition) is 4. The second-order valence-corrected chi connectivity index (χ2v) is 3.66. The van der Waals surface area contributed by atoms with Crippen LogP contribution in [0.3, 0.4) is 0 Å². The zero-order valence-electron chi connectivity index (χ0n) is 9.59. The third-order valence-electron chi connectivity index (χ3n) is 2.40. The van der Waals surface area contributed by atoms with Crippen molar-refractivity contribution in [2.75, 3.05) is 0 Å². The highest BCUT2D eigenvalue weighted by atomic mass is 19.4. The minimum absolute atomic E-state index is 0.0596. The van der Waals surface area contributed by atoms with Crippen LogP contribution >= 0.6 is 0 Å². The minimum atomic E-state index is -4.77. The summed E-state index contributed by atoms with van der Waals surface area (Å²) in [7, 11) is 0. The molecule has 0 fully saturated rings. The van der Waals surface area contributed by atoms with E-state index in [1.807, 2.05) is 0 Å². The maximum atomic E-state index is 12.7. The van der Waals surface area contributed by atoms with Gasteiger partial charge in [-0.3, -0.25) is 0 Å². The third-order valence-corrected chi connectivity index (χ3v) is 2.40. The zero-order chi connectivity index (χ0) is 14.9. The van der Waals surface area contributed by atoms with Crippen LogP contribution < -0.4 is 0 Å². The van der Waals surface area contributed by atoms with Gasteiger partial charge in [0.05, 0.1) is 16.8 Å². The molecule has 6 nitrogen and oxygen atoms in total. The Hall–Kier alpha value is -2.89. The Morgan fingerprint density at radius 3 is 2.60 bits per heavy atom. The molecule has 1 N–H and O–H groups in total. The molecular weight excluding hydrogens is 277 g/mol. The van der Waals surface area contributed by atoms with Gasteiger partial charge in [-0.15, -0.1) is 5.10 Å². The normalized spacial score (nSPS) is 11.1. The van der Waals surface area contributed by atoms with Gasteiger partial charge in [-0.05, 0) is 18.2 Å². The molecule has 1 heterocycles. The molecule has 0 atom stereocenters. The molecule has 0 radical (unpaired) electrons. The number of carboxylic acids is 1. The fourth-order valence-electron chi connectivity index (χ4n) is 1.54. The molecule has 0 aliphatic carbocycles. The number of aromatic nitrogens is 3. The second-order valence-electron chi connectivity index (χ2n) is 3.66. The standard InChI is InChI=1S/C11H5F3N4O2/c12-11(13,14)8-2-1-6(3-7(8)10(19)20)18-5-16-9(4-15)17-18/h1-3,5H,(H,19,20). The number of halogens is 3. The van der Waals surface area contributed by atoms with Gasteiger partial charge in [0.1, 0.15) is 12.4 Å². The van der Waals surface area contributed by atoms with Crippen LogP contribution in [0.1, 0.15) is 21.7 Å². The number of hydrogen-bond donors (Lipinski definition) is 1. The first-order valence-electron chi connectivity index (χ1n) is 5.09. The molecule has 102 valence electrons. The van der Waals surface area contributed by atoms with Crippen molar-refractivity contribution in [3.8, 4) is 11.8 Å². The highest BCUT2D eigenvalue weighted by molar-refractivity contribution is 5.90. The summed E-state index contributed by atoms with van der Waals surface area (Å²) in [6.45, 7) is 0. The molecular formula is C11H5F3N4O2. The summed E-state index contributed by atoms with van der Waals surface area (Å²) < 4.78 is 39.0. The van der Waals surface area contributed by atoms with Crippen LogP contribution in [-0.2, 0) is 6.18 Å². The number of nitrogens with zero attached hydrogens (tertiary/aromatic N) is 4. The Morgan fingerprint density at radius 2 is 2.10 bits per heavy atom. The van der Waals surface area contributed by atoms with Gasteiger partial charge < -0.3 is 5.11 Å². The van der Waals surface area contributed by atoms with Crippen LogP contribution in [0, 0.1) is 11.3 Å². The molecule has 9 heteroatoms. The largest absolute Gasteiger partial charge is 0.478 e. The number of carboxylic acid groups (broad SMARTS) is 1. The first-order chi connectivity index (χ1) is 9.32. The minimum Gasteiger partial charge on any atom is -0.478 e. The average Bonchev–Trinajstić information content (AvgIpc) is 2.85. The molecule has 0 spiro atoms. The van der Waals surface area contributed by atoms with E-state index in [9.17, 15) is 18.0 Å². The van der Waals surface area contributed by atoms with Crippen molar-refractivity contribution in [3.63, 3.8) is 0 Å². The van der Waals surface area contributed by atoms with Gasteiger partial charge in [0, 0.05) is 0 Å². The van der Waals surface area contributed by atoms with E-state index in [4.69, 9.17) is 10.4 Å². The quantitative estimate of drug-likeness (QED) is 0.907. The van der Waals surface area contributed by atoms with Crippen LogP contribution in [0.4, 0.5) is 13.2 Å². The van der Waals surface area contributed by atoms with Gasteiger partial charge >= 0.3 is 12.1 Å². The Balaban J connectivity index is 2.56. The number of rotatable bonds is 2. The Kier molecular flexibility index (Phi) is 3.15. The van der Waals surface area contributed by atoms with Gasteiger partial charge in [-0.25, -0.2) is 14.5 Å². The summed E-state index contributed by atoms with van der Waals surface area (Å²) in [4.78, 5) is 14.5. The molecule has 0 bridgehead atoms. The van der Waals surface area contributed by atoms with Gasteiger partial charge in [-0.2, -0.15) is 18.4 Å². The molecule has 0 aliphatic rings. The number of benzene rings is 1. The van der Waals surface area contributed by atoms with Crippen molar-refractivity contribution < 1.29 is 23.1 Å². The number of nitriles is 1. The summed E-state index contributed by atoms with van der Waals surface area (Å²) in [5.74, 6) is -1.89. The Bertz CT molecular complexity index is 715. The molecule has 2 aromatic rings. The second kappa shape index (κ2) is 4.65. The molecule has 0 saturated carbocycles. The lowest BCUT2D eigenvalue weighted by Gasteiger charge is -2.11. The zero-order valence-corrected chi connectivity index (χ0v) is 9.59. The van der Waals surface area contributed by atoms with Crippen molar-refractivity contribution in [2.24, 2.45) is 0 Å². The Labute approximate surface area is 109 Å². The molecule has 0 unspecified atom stereocenters. The maximum Gasteiger partial charge on any atom is 0.417 e. The van der Waals surface area contributed by atoms with Gasteiger partial charge in [0.2, 0.25) is 0 Å². The van der Waals surface area contributed by atoms with Gasteiger partial charge in [-0.1, -0.05) is 0 Å². The summed E-state index contributed by atoms with van der Waals surface area (Å²) in [5, 5.41) is 21.1. The fourth-order valence-corrected chi connectivity index (χ4v) is 1.54. The van der Waals surface area contributed by atoms with E-state index in [1.54, 1.807) is 6.07 Å². The monoisotopic (exact) mass is 282 g/mol. The van der Waals surface area contributed by atoms with Crippen LogP contribution in [0.15, 0.2) is 24.5 Å². The van der Waals surface area contributed by atoms with Crippen molar-refractivity contribution in [1.29, 1.82) is 5.26 Å². The highest BCUT2D eigenvalue weighted by Crippen LogP contribution is 2.33. The highest BCUT2D eigenvalue weighted by Gasteiger charge is 2.35. The number of carbonyl (C=O) groups is 1. The summed E-state index contributed by atoms with van der Waals surface area (Å²) in [5.41, 5.74) is -2.09. The van der Waals surface area contributed by atoms with E-state index >= 15 is 0 Å². The first-order valence-corrected chi connectivity index (χ1v) is 5.09. The SMILES string of the molecule is N#Cc1ncn(-c2ccc(C(F)(F)F)c(C(=O)O)c2)n1. The van der Waals surface area contributed by atoms with E-state index in [2.05, 4.69) is 10.1 Å². The number of aromatic carboxylic acids is 1. The maximum absolute atomic E-state index is 12.7. The molecule has 2 rings (SSSR count). The molecule has 20 heavy (non-hydrogen) atoms. The van der Waals surface area contributed by atoms with Gasteiger partial charge in [0.15, 0.2) is 0 Å². The van der Waals surface area contributed by atoms with Crippen LogP contribution in [-0.4, -0.2) is 25.8 Å². The van der Waals surface area contributed by atoms with Crippen molar-refractivity contribution >= 4 is 5.97 Å². The summed E-state index contributed by atoms with van der Waals surface area (Å²) >= 11 is 0. The van der Waals surface area contributed by atoms with Crippen molar-refractivity contribution in [1.82, 2.24) is 14.8 Å². The predicted octanol–water partition coefficient (Wildman–Crippen LogP) is 1.86. The van der Waals surface area contributed by atoms with E-state index in [1.165, 1.54) is 0 Å². The molecule has 0 aliphatic heterocycles. The van der Waals surface area contributed by atoms with E-state index in [0.717, 1.165) is 23.1 Å². The van der Waals surface area contributed by atoms with Gasteiger partial charge in [0.25, 0.3) is 5.82 Å². The molecule has 1 aromatic heterocycles. The smallest absolute Gasteiger partial charge is 0.417 e. The lowest BCUT2D eigenvalue weighted by molar-refractivity contribution is -0.138. The molecule has 1 aromatic carbocycles. The molecule has 0 saturated heterocycles. The van der Waals surface area contributed by atoms with Crippen molar-refractivity contribution in [3.05, 3.63) is 41.5 Å². The number of alkyl halides is 3. The lowest BCUT2D eigenvalue weighted by Crippen LogP contribution is -2.13. The van der Waals surface area contributed by atoms with E-state index in [0.29, 0.717) is 6.07 Å². The van der Waals surface area contributed by atoms with Crippen LogP contribution in [0.2, 0.25) is 0 Å². The van der Waals surface area contributed by atoms with Crippen LogP contribution in [0.25, 0.3) is 5.69 Å². The third kappa shape index (κ3) is 2.44. The molecule has 0 amide bonds. The predicted molar refractivity (Wildman–Crippen MR) is 58.0 cm³/mol. The van der Waals surface area contributed by atoms with E-state index < -0.39 is 23.3 Å². The van der Waals surface area contributed by atoms with Crippen molar-refractivity contribution in [2.45, 2.75) is 6.18 Å². The lowest BCUT2D eigenvalue weighted by atomic mass is 10.1. The Morgan fingerprint density at radius 1 is 1.40 bits per heavy atom. The average molecular weight is 282 g/mol. The summed E-state index contributed by atoms with van der Waals surface area (Å²) in [6.07, 6.45) is -3.67.